The van der Waals surface area contributed by atoms with E-state index < -0.39 is 0 Å². The fraction of sp³-hybridized carbons (Fsp3) is 0.617. The molecule has 3 aromatic rings. The summed E-state index contributed by atoms with van der Waals surface area (Å²) in [5.74, 6) is 6.50. The number of hydrogen-bond acceptors (Lipinski definition) is 7. The number of esters is 1. The number of benzene rings is 2. The number of rotatable bonds is 12. The van der Waals surface area contributed by atoms with E-state index >= 15 is 0 Å². The third kappa shape index (κ3) is 7.84. The maximum atomic E-state index is 13.3. The molecule has 4 aliphatic carbocycles. The number of methoxy groups -OCH3 is 1. The Morgan fingerprint density at radius 1 is 0.944 bits per heavy atom. The van der Waals surface area contributed by atoms with E-state index in [1.54, 1.807) is 56.5 Å². The van der Waals surface area contributed by atoms with Crippen molar-refractivity contribution in [2.24, 2.45) is 46.3 Å². The van der Waals surface area contributed by atoms with Gasteiger partial charge in [0.05, 0.1) is 12.5 Å². The average molecular weight is 739 g/mol. The normalized spacial score (nSPS) is 29.7. The summed E-state index contributed by atoms with van der Waals surface area (Å²) in [4.78, 5) is 26.4. The zero-order valence-electron chi connectivity index (χ0n) is 33.7. The molecular formula is C47H62O7. The molecule has 7 nitrogen and oxygen atoms in total. The number of hydrogen-bond donors (Lipinski definition) is 0. The molecule has 4 aliphatic rings. The molecule has 0 radical (unpaired) electrons. The largest absolute Gasteiger partial charge is 0.497 e. The summed E-state index contributed by atoms with van der Waals surface area (Å²) in [6.45, 7) is 13.9. The predicted molar refractivity (Wildman–Crippen MR) is 213 cm³/mol. The molecule has 7 rings (SSSR count). The van der Waals surface area contributed by atoms with Crippen LogP contribution in [-0.4, -0.2) is 25.8 Å². The summed E-state index contributed by atoms with van der Waals surface area (Å²) in [5.41, 5.74) is 2.27. The molecule has 1 aromatic heterocycles. The summed E-state index contributed by atoms with van der Waals surface area (Å²) in [6.07, 6.45) is 17.5. The minimum atomic E-state index is -0.374. The molecule has 292 valence electrons. The van der Waals surface area contributed by atoms with Gasteiger partial charge in [-0.25, -0.2) is 4.79 Å². The number of ether oxygens (including phenoxy) is 4. The van der Waals surface area contributed by atoms with E-state index in [2.05, 4.69) is 40.7 Å². The molecule has 8 atom stereocenters. The molecule has 0 unspecified atom stereocenters. The van der Waals surface area contributed by atoms with Crippen molar-refractivity contribution in [1.29, 1.82) is 0 Å². The highest BCUT2D eigenvalue weighted by molar-refractivity contribution is 5.80. The van der Waals surface area contributed by atoms with Crippen LogP contribution in [0.15, 0.2) is 63.3 Å². The smallest absolute Gasteiger partial charge is 0.344 e. The predicted octanol–water partition coefficient (Wildman–Crippen LogP) is 11.6. The van der Waals surface area contributed by atoms with Gasteiger partial charge in [0.1, 0.15) is 34.7 Å². The van der Waals surface area contributed by atoms with E-state index in [1.807, 2.05) is 0 Å². The highest BCUT2D eigenvalue weighted by atomic mass is 16.6. The van der Waals surface area contributed by atoms with E-state index in [-0.39, 0.29) is 35.3 Å². The molecule has 7 heteroatoms. The van der Waals surface area contributed by atoms with Gasteiger partial charge in [-0.1, -0.05) is 71.6 Å². The highest BCUT2D eigenvalue weighted by Gasteiger charge is 2.56. The maximum absolute atomic E-state index is 13.3. The first kappa shape index (κ1) is 38.5. The van der Waals surface area contributed by atoms with Gasteiger partial charge in [0.25, 0.3) is 0 Å². The van der Waals surface area contributed by atoms with Gasteiger partial charge in [-0.3, -0.25) is 4.79 Å². The van der Waals surface area contributed by atoms with Crippen molar-refractivity contribution in [3.63, 3.8) is 0 Å². The zero-order valence-corrected chi connectivity index (χ0v) is 33.7. The number of carbonyl (C=O) groups excluding carboxylic acids is 1. The molecule has 54 heavy (non-hydrogen) atoms. The molecule has 3 fully saturated rings. The van der Waals surface area contributed by atoms with Crippen LogP contribution in [-0.2, 0) is 9.53 Å². The Labute approximate surface area is 322 Å². The standard InChI is InChI=1S/C47H62O7/c1-29(2)10-8-11-30(3)32-14-19-40-38-17-15-33-24-37(20-23-47(33,6)41(38)21-22-46(40,5)27-32)53-43(48)28-51-35-16-18-39-42(26-35)52-31(4)45(44(39)49)54-36-13-9-12-34(25-36)50-7/h9,12-13,15-16,18,25-26,29-30,32,37-38,40-41H,8,10-11,14,17,19-24,27-28H2,1-7H3/t30-,32-,37+,38+,40-,41+,46+,47-/m0/s1. The van der Waals surface area contributed by atoms with Gasteiger partial charge in [0.15, 0.2) is 6.61 Å². The van der Waals surface area contributed by atoms with Gasteiger partial charge in [-0.2, -0.15) is 0 Å². The van der Waals surface area contributed by atoms with Crippen molar-refractivity contribution in [2.75, 3.05) is 13.7 Å². The maximum Gasteiger partial charge on any atom is 0.344 e. The number of aryl methyl sites for hydroxylation is 1. The van der Waals surface area contributed by atoms with Crippen LogP contribution in [0.25, 0.3) is 11.0 Å². The SMILES string of the molecule is COc1cccc(Oc2c(C)oc3cc(OCC(=O)O[C@@H]4CC[C@@]5(C)C(=CC[C@H]6[C@H]5CC[C@]5(C)C[C@@H]([C@@H](C)CCCC(C)C)CC[C@@H]65)C4)ccc3c2=O)c1. The van der Waals surface area contributed by atoms with Crippen LogP contribution in [0.1, 0.15) is 117 Å². The van der Waals surface area contributed by atoms with Gasteiger partial charge in [-0.05, 0) is 129 Å². The van der Waals surface area contributed by atoms with Crippen molar-refractivity contribution < 1.29 is 28.2 Å². The molecule has 0 aliphatic heterocycles. The number of carbonyl (C=O) groups is 1. The lowest BCUT2D eigenvalue weighted by Crippen LogP contribution is -2.52. The Hall–Kier alpha value is -3.74. The number of fused-ring (bicyclic) bond motifs is 6. The number of allylic oxidation sites excluding steroid dienone is 1. The van der Waals surface area contributed by atoms with Gasteiger partial charge in [0, 0.05) is 18.6 Å². The first-order chi connectivity index (χ1) is 25.9. The Morgan fingerprint density at radius 2 is 1.76 bits per heavy atom. The molecule has 0 spiro atoms. The Balaban J connectivity index is 0.933. The third-order valence-corrected chi connectivity index (χ3v) is 14.3. The average Bonchev–Trinajstić information content (AvgIpc) is 3.15. The van der Waals surface area contributed by atoms with Crippen LogP contribution in [0.3, 0.4) is 0 Å². The highest BCUT2D eigenvalue weighted by Crippen LogP contribution is 2.65. The second-order valence-electron chi connectivity index (χ2n) is 18.2. The van der Waals surface area contributed by atoms with Gasteiger partial charge in [0.2, 0.25) is 11.2 Å². The van der Waals surface area contributed by atoms with Crippen LogP contribution in [0, 0.1) is 53.3 Å². The van der Waals surface area contributed by atoms with Crippen molar-refractivity contribution in [1.82, 2.24) is 0 Å². The zero-order chi connectivity index (χ0) is 38.2. The second-order valence-corrected chi connectivity index (χ2v) is 18.2. The fourth-order valence-electron chi connectivity index (χ4n) is 11.2. The van der Waals surface area contributed by atoms with Gasteiger partial charge < -0.3 is 23.4 Å². The summed E-state index contributed by atoms with van der Waals surface area (Å²) >= 11 is 0. The van der Waals surface area contributed by atoms with Crippen LogP contribution in [0.2, 0.25) is 0 Å². The Kier molecular flexibility index (Phi) is 11.3. The molecule has 0 N–H and O–H groups in total. The lowest BCUT2D eigenvalue weighted by Gasteiger charge is -2.61. The molecule has 1 heterocycles. The van der Waals surface area contributed by atoms with Crippen molar-refractivity contribution in [3.8, 4) is 23.0 Å². The van der Waals surface area contributed by atoms with Crippen LogP contribution >= 0.6 is 0 Å². The van der Waals surface area contributed by atoms with Crippen molar-refractivity contribution in [2.45, 2.75) is 125 Å². The van der Waals surface area contributed by atoms with E-state index in [0.29, 0.717) is 39.4 Å². The van der Waals surface area contributed by atoms with E-state index in [9.17, 15) is 9.59 Å². The summed E-state index contributed by atoms with van der Waals surface area (Å²) < 4.78 is 29.0. The second kappa shape index (κ2) is 15.8. The monoisotopic (exact) mass is 738 g/mol. The molecule has 2 aromatic carbocycles. The quantitative estimate of drug-likeness (QED) is 0.135. The molecular weight excluding hydrogens is 677 g/mol. The summed E-state index contributed by atoms with van der Waals surface area (Å²) in [6, 6.07) is 12.0. The van der Waals surface area contributed by atoms with Crippen molar-refractivity contribution in [3.05, 3.63) is 70.1 Å². The van der Waals surface area contributed by atoms with E-state index in [1.165, 1.54) is 63.4 Å². The molecule has 0 bridgehead atoms. The Bertz CT molecular complexity index is 1910. The van der Waals surface area contributed by atoms with Crippen molar-refractivity contribution >= 4 is 16.9 Å². The fourth-order valence-corrected chi connectivity index (χ4v) is 11.2. The first-order valence-corrected chi connectivity index (χ1v) is 20.8. The first-order valence-electron chi connectivity index (χ1n) is 20.8. The topological polar surface area (TPSA) is 84.2 Å². The minimum Gasteiger partial charge on any atom is -0.497 e. The van der Waals surface area contributed by atoms with E-state index in [4.69, 9.17) is 23.4 Å². The lowest BCUT2D eigenvalue weighted by molar-refractivity contribution is -0.154. The molecule has 3 saturated carbocycles. The Morgan fingerprint density at radius 3 is 2.56 bits per heavy atom. The van der Waals surface area contributed by atoms with Gasteiger partial charge >= 0.3 is 5.97 Å². The van der Waals surface area contributed by atoms with Crippen LogP contribution < -0.4 is 19.6 Å². The van der Waals surface area contributed by atoms with Gasteiger partial charge in [-0.15, -0.1) is 0 Å². The lowest BCUT2D eigenvalue weighted by atomic mass is 9.44. The van der Waals surface area contributed by atoms with Crippen LogP contribution in [0.4, 0.5) is 0 Å². The summed E-state index contributed by atoms with van der Waals surface area (Å²) in [5, 5.41) is 0.360. The third-order valence-electron chi connectivity index (χ3n) is 14.3. The van der Waals surface area contributed by atoms with E-state index in [0.717, 1.165) is 54.8 Å². The molecule has 0 saturated heterocycles. The minimum absolute atomic E-state index is 0.113. The molecule has 0 amide bonds. The van der Waals surface area contributed by atoms with Crippen LogP contribution in [0.5, 0.6) is 23.0 Å². The summed E-state index contributed by atoms with van der Waals surface area (Å²) in [7, 11) is 1.58.